The van der Waals surface area contributed by atoms with Crippen LogP contribution in [0.15, 0.2) is 16.7 Å². The minimum absolute atomic E-state index is 0.163. The molecule has 1 saturated heterocycles. The number of halogens is 4. The molecule has 2 atom stereocenters. The third-order valence-corrected chi connectivity index (χ3v) is 4.94. The lowest BCUT2D eigenvalue weighted by Crippen LogP contribution is -2.43. The van der Waals surface area contributed by atoms with Crippen molar-refractivity contribution in [2.45, 2.75) is 58.6 Å². The zero-order chi connectivity index (χ0) is 23.9. The molecule has 2 unspecified atom stereocenters. The summed E-state index contributed by atoms with van der Waals surface area (Å²) in [4.78, 5) is 16.9. The van der Waals surface area contributed by atoms with Crippen LogP contribution in [0, 0.1) is 12.3 Å². The van der Waals surface area contributed by atoms with E-state index in [0.29, 0.717) is 5.89 Å². The van der Waals surface area contributed by atoms with Crippen LogP contribution in [-0.2, 0) is 10.4 Å². The normalized spacial score (nSPS) is 17.9. The number of nitrogens with zero attached hydrogens (tertiary/aromatic N) is 3. The number of hydrogen-bond donors (Lipinski definition) is 1. The van der Waals surface area contributed by atoms with Crippen molar-refractivity contribution in [3.05, 3.63) is 35.3 Å². The third-order valence-electron chi connectivity index (χ3n) is 4.94. The van der Waals surface area contributed by atoms with E-state index >= 15 is 0 Å². The first-order chi connectivity index (χ1) is 14.7. The van der Waals surface area contributed by atoms with Gasteiger partial charge in [0.2, 0.25) is 11.8 Å². The molecule has 0 aromatic carbocycles. The van der Waals surface area contributed by atoms with Gasteiger partial charge in [0, 0.05) is 19.2 Å². The molecule has 0 aliphatic carbocycles. The molecule has 1 N–H and O–H groups in total. The topological polar surface area (TPSA) is 99.4 Å². The number of nitrogens with one attached hydrogen (secondary N) is 1. The van der Waals surface area contributed by atoms with Crippen LogP contribution in [0.1, 0.15) is 61.6 Å². The van der Waals surface area contributed by atoms with Gasteiger partial charge in [-0.3, -0.25) is 9.78 Å². The fourth-order valence-electron chi connectivity index (χ4n) is 2.97. The number of carbonyl (C=O) groups is 1. The summed E-state index contributed by atoms with van der Waals surface area (Å²) in [5, 5.41) is 10.4. The molecule has 3 rings (SSSR count). The maximum absolute atomic E-state index is 14.9. The smallest absolute Gasteiger partial charge is 0.425 e. The summed E-state index contributed by atoms with van der Waals surface area (Å²) in [5.74, 6) is -0.688. The minimum Gasteiger partial charge on any atom is -0.481 e. The Labute approximate surface area is 181 Å². The van der Waals surface area contributed by atoms with Crippen molar-refractivity contribution in [1.82, 2.24) is 20.5 Å². The molecule has 12 heteroatoms. The summed E-state index contributed by atoms with van der Waals surface area (Å²) >= 11 is 0. The predicted octanol–water partition coefficient (Wildman–Crippen LogP) is 3.81. The third kappa shape index (κ3) is 5.00. The van der Waals surface area contributed by atoms with Gasteiger partial charge in [-0.15, -0.1) is 10.2 Å². The number of pyridine rings is 1. The number of aromatic nitrogens is 3. The van der Waals surface area contributed by atoms with Crippen LogP contribution in [0.4, 0.5) is 17.6 Å². The lowest BCUT2D eigenvalue weighted by Gasteiger charge is -2.35. The first-order valence-electron chi connectivity index (χ1n) is 9.82. The number of alkyl halides is 4. The molecule has 32 heavy (non-hydrogen) atoms. The van der Waals surface area contributed by atoms with E-state index in [0.717, 1.165) is 19.2 Å². The summed E-state index contributed by atoms with van der Waals surface area (Å²) in [5.41, 5.74) is -3.06. The average Bonchev–Trinajstić information content (AvgIpc) is 3.08. The molecule has 3 heterocycles. The second kappa shape index (κ2) is 8.30. The van der Waals surface area contributed by atoms with E-state index in [1.807, 2.05) is 20.8 Å². The van der Waals surface area contributed by atoms with Gasteiger partial charge in [-0.05, 0) is 12.3 Å². The lowest BCUT2D eigenvalue weighted by atomic mass is 9.86. The van der Waals surface area contributed by atoms with Crippen LogP contribution < -0.4 is 10.1 Å². The first kappa shape index (κ1) is 23.9. The average molecular weight is 460 g/mol. The van der Waals surface area contributed by atoms with Gasteiger partial charge in [0.1, 0.15) is 17.5 Å². The van der Waals surface area contributed by atoms with Gasteiger partial charge in [0.15, 0.2) is 11.8 Å². The van der Waals surface area contributed by atoms with Crippen LogP contribution in [0.3, 0.4) is 0 Å². The predicted molar refractivity (Wildman–Crippen MR) is 103 cm³/mol. The first-order valence-corrected chi connectivity index (χ1v) is 9.82. The molecular formula is C20H24F4N4O4. The fourth-order valence-corrected chi connectivity index (χ4v) is 2.97. The molecule has 0 spiro atoms. The zero-order valence-corrected chi connectivity index (χ0v) is 18.2. The molecule has 0 bridgehead atoms. The highest BCUT2D eigenvalue weighted by molar-refractivity contribution is 5.93. The molecule has 8 nitrogen and oxygen atoms in total. The molecule has 1 amide bonds. The van der Waals surface area contributed by atoms with Crippen molar-refractivity contribution in [3.8, 4) is 5.75 Å². The van der Waals surface area contributed by atoms with E-state index < -0.39 is 41.1 Å². The van der Waals surface area contributed by atoms with E-state index in [2.05, 4.69) is 20.5 Å². The second-order valence-corrected chi connectivity index (χ2v) is 8.76. The van der Waals surface area contributed by atoms with Gasteiger partial charge in [-0.25, -0.2) is 4.39 Å². The van der Waals surface area contributed by atoms with E-state index in [4.69, 9.17) is 13.9 Å². The summed E-state index contributed by atoms with van der Waals surface area (Å²) < 4.78 is 69.4. The van der Waals surface area contributed by atoms with Crippen LogP contribution in [0.25, 0.3) is 0 Å². The molecule has 2 aromatic rings. The van der Waals surface area contributed by atoms with E-state index in [-0.39, 0.29) is 30.4 Å². The Hall–Kier alpha value is -2.76. The quantitative estimate of drug-likeness (QED) is 0.655. The van der Waals surface area contributed by atoms with Crippen LogP contribution in [0.2, 0.25) is 0 Å². The van der Waals surface area contributed by atoms with E-state index in [1.165, 1.54) is 0 Å². The molecule has 1 aliphatic heterocycles. The highest BCUT2D eigenvalue weighted by atomic mass is 19.4. The number of amides is 1. The Kier molecular flexibility index (Phi) is 6.20. The van der Waals surface area contributed by atoms with Gasteiger partial charge in [0.25, 0.3) is 5.91 Å². The number of aryl methyl sites for hydroxylation is 1. The SMILES string of the molecule is Cc1nnc(C(NC(=O)c2cc(OC(C)C(F)(F)F)c(C3(F)COC3)cn2)C(C)(C)C)o1. The van der Waals surface area contributed by atoms with Gasteiger partial charge < -0.3 is 19.2 Å². The molecule has 0 saturated carbocycles. The van der Waals surface area contributed by atoms with Crippen molar-refractivity contribution >= 4 is 5.91 Å². The highest BCUT2D eigenvalue weighted by Gasteiger charge is 2.45. The maximum atomic E-state index is 14.9. The second-order valence-electron chi connectivity index (χ2n) is 8.76. The van der Waals surface area contributed by atoms with Crippen molar-refractivity contribution in [2.24, 2.45) is 5.41 Å². The van der Waals surface area contributed by atoms with Crippen molar-refractivity contribution in [1.29, 1.82) is 0 Å². The molecule has 176 valence electrons. The summed E-state index contributed by atoms with van der Waals surface area (Å²) in [6, 6.07) is 0.273. The molecule has 1 aliphatic rings. The zero-order valence-electron chi connectivity index (χ0n) is 18.2. The highest BCUT2D eigenvalue weighted by Crippen LogP contribution is 2.40. The Balaban J connectivity index is 1.92. The van der Waals surface area contributed by atoms with Crippen LogP contribution in [0.5, 0.6) is 5.75 Å². The monoisotopic (exact) mass is 460 g/mol. The number of carbonyl (C=O) groups excluding carboxylic acids is 1. The van der Waals surface area contributed by atoms with Crippen LogP contribution >= 0.6 is 0 Å². The largest absolute Gasteiger partial charge is 0.481 e. The lowest BCUT2D eigenvalue weighted by molar-refractivity contribution is -0.190. The minimum atomic E-state index is -4.68. The molecule has 2 aromatic heterocycles. The van der Waals surface area contributed by atoms with Gasteiger partial charge in [-0.2, -0.15) is 13.2 Å². The molecule has 1 fully saturated rings. The van der Waals surface area contributed by atoms with E-state index in [1.54, 1.807) is 6.92 Å². The summed E-state index contributed by atoms with van der Waals surface area (Å²) in [6.07, 6.45) is -5.91. The number of hydrogen-bond acceptors (Lipinski definition) is 7. The standard InChI is InChI=1S/C20H24F4N4O4/c1-10(20(22,23)24)31-14-6-13(25-7-12(14)19(21)8-30-9-19)16(29)26-15(18(3,4)5)17-28-27-11(2)32-17/h6-7,10,15H,8-9H2,1-5H3,(H,26,29). The van der Waals surface area contributed by atoms with Gasteiger partial charge in [-0.1, -0.05) is 20.8 Å². The summed E-state index contributed by atoms with van der Waals surface area (Å²) in [7, 11) is 0. The Morgan fingerprint density at radius 3 is 2.38 bits per heavy atom. The number of rotatable bonds is 6. The van der Waals surface area contributed by atoms with Crippen LogP contribution in [-0.4, -0.2) is 46.6 Å². The maximum Gasteiger partial charge on any atom is 0.425 e. The van der Waals surface area contributed by atoms with Crippen molar-refractivity contribution < 1.29 is 36.2 Å². The Morgan fingerprint density at radius 1 is 1.25 bits per heavy atom. The Bertz CT molecular complexity index is 983. The van der Waals surface area contributed by atoms with E-state index in [9.17, 15) is 22.4 Å². The summed E-state index contributed by atoms with van der Waals surface area (Å²) in [6.45, 7) is 7.19. The Morgan fingerprint density at radius 2 is 1.91 bits per heavy atom. The molecular weight excluding hydrogens is 436 g/mol. The fraction of sp³-hybridized carbons (Fsp3) is 0.600. The number of ether oxygens (including phenoxy) is 2. The van der Waals surface area contributed by atoms with Crippen molar-refractivity contribution in [3.63, 3.8) is 0 Å². The van der Waals surface area contributed by atoms with Gasteiger partial charge in [0.05, 0.1) is 18.8 Å². The van der Waals surface area contributed by atoms with Crippen molar-refractivity contribution in [2.75, 3.05) is 13.2 Å². The van der Waals surface area contributed by atoms with Gasteiger partial charge >= 0.3 is 6.18 Å². The molecule has 0 radical (unpaired) electrons.